The Hall–Kier alpha value is -1.97. The summed E-state index contributed by atoms with van der Waals surface area (Å²) >= 11 is 0. The summed E-state index contributed by atoms with van der Waals surface area (Å²) in [6.45, 7) is 0. The van der Waals surface area contributed by atoms with Gasteiger partial charge in [0.25, 0.3) is 0 Å². The molecule has 0 fully saturated rings. The van der Waals surface area contributed by atoms with E-state index in [1.807, 2.05) is 35.9 Å². The Bertz CT molecular complexity index is 488. The molecule has 0 radical (unpaired) electrons. The number of fused-ring (bicyclic) bond motifs is 1. The molecule has 2 aromatic rings. The van der Waals surface area contributed by atoms with Crippen LogP contribution in [0.15, 0.2) is 30.5 Å². The van der Waals surface area contributed by atoms with Crippen LogP contribution < -0.4 is 5.32 Å². The van der Waals surface area contributed by atoms with E-state index in [1.165, 1.54) is 0 Å². The Kier molecular flexibility index (Phi) is 1.89. The quantitative estimate of drug-likeness (QED) is 0.724. The van der Waals surface area contributed by atoms with Crippen LogP contribution in [0.3, 0.4) is 0 Å². The van der Waals surface area contributed by atoms with Crippen LogP contribution in [0.25, 0.3) is 10.9 Å². The molecule has 4 heteroatoms. The van der Waals surface area contributed by atoms with E-state index in [0.29, 0.717) is 5.69 Å². The Morgan fingerprint density at radius 1 is 1.43 bits per heavy atom. The maximum atomic E-state index is 10.5. The van der Waals surface area contributed by atoms with Gasteiger partial charge < -0.3 is 9.67 Å². The monoisotopic (exact) mass is 190 g/mol. The number of hydrogen-bond donors (Lipinski definition) is 2. The predicted octanol–water partition coefficient (Wildman–Crippen LogP) is 2.27. The fourth-order valence-corrected chi connectivity index (χ4v) is 1.56. The fourth-order valence-electron chi connectivity index (χ4n) is 1.56. The third-order valence-corrected chi connectivity index (χ3v) is 2.14. The molecular weight excluding hydrogens is 180 g/mol. The molecule has 0 aliphatic carbocycles. The molecule has 0 aliphatic rings. The highest BCUT2D eigenvalue weighted by molar-refractivity contribution is 5.99. The van der Waals surface area contributed by atoms with Gasteiger partial charge in [-0.05, 0) is 6.07 Å². The first kappa shape index (κ1) is 8.62. The van der Waals surface area contributed by atoms with Gasteiger partial charge in [-0.15, -0.1) is 0 Å². The first-order valence-corrected chi connectivity index (χ1v) is 4.22. The molecule has 72 valence electrons. The van der Waals surface area contributed by atoms with Crippen LogP contribution in [-0.4, -0.2) is 15.8 Å². The number of anilines is 1. The molecule has 1 aromatic heterocycles. The third-order valence-electron chi connectivity index (χ3n) is 2.14. The summed E-state index contributed by atoms with van der Waals surface area (Å²) in [5.74, 6) is 0. The number of carboxylic acid groups (broad SMARTS) is 1. The molecule has 0 spiro atoms. The second-order valence-electron chi connectivity index (χ2n) is 3.10. The molecule has 1 amide bonds. The van der Waals surface area contributed by atoms with Gasteiger partial charge in [-0.25, -0.2) is 4.79 Å². The molecule has 2 rings (SSSR count). The maximum Gasteiger partial charge on any atom is 0.409 e. The Labute approximate surface area is 80.8 Å². The van der Waals surface area contributed by atoms with Crippen molar-refractivity contribution in [3.8, 4) is 0 Å². The van der Waals surface area contributed by atoms with Gasteiger partial charge in [0, 0.05) is 24.1 Å². The summed E-state index contributed by atoms with van der Waals surface area (Å²) in [6.07, 6.45) is 0.722. The van der Waals surface area contributed by atoms with Crippen molar-refractivity contribution in [3.05, 3.63) is 30.5 Å². The van der Waals surface area contributed by atoms with Crippen LogP contribution in [0.4, 0.5) is 10.5 Å². The van der Waals surface area contributed by atoms with Crippen LogP contribution in [-0.2, 0) is 7.05 Å². The maximum absolute atomic E-state index is 10.5. The van der Waals surface area contributed by atoms with E-state index in [0.717, 1.165) is 10.9 Å². The molecule has 14 heavy (non-hydrogen) atoms. The highest BCUT2D eigenvalue weighted by Crippen LogP contribution is 2.24. The summed E-state index contributed by atoms with van der Waals surface area (Å²) in [5, 5.41) is 11.9. The van der Waals surface area contributed by atoms with Crippen molar-refractivity contribution >= 4 is 22.7 Å². The van der Waals surface area contributed by atoms with Crippen molar-refractivity contribution in [2.24, 2.45) is 7.05 Å². The molecule has 4 nitrogen and oxygen atoms in total. The van der Waals surface area contributed by atoms with Crippen molar-refractivity contribution in [1.82, 2.24) is 4.57 Å². The lowest BCUT2D eigenvalue weighted by Gasteiger charge is -1.96. The van der Waals surface area contributed by atoms with Crippen LogP contribution in [0.1, 0.15) is 0 Å². The number of nitrogens with zero attached hydrogens (tertiary/aromatic N) is 1. The lowest BCUT2D eigenvalue weighted by atomic mass is 10.2. The molecule has 0 saturated heterocycles. The van der Waals surface area contributed by atoms with Crippen molar-refractivity contribution < 1.29 is 9.90 Å². The molecule has 1 heterocycles. The SMILES string of the molecule is Cn1cc(NC(=O)O)c2ccccc21. The highest BCUT2D eigenvalue weighted by atomic mass is 16.4. The largest absolute Gasteiger partial charge is 0.465 e. The van der Waals surface area contributed by atoms with Gasteiger partial charge in [-0.1, -0.05) is 18.2 Å². The average Bonchev–Trinajstić information content (AvgIpc) is 2.44. The van der Waals surface area contributed by atoms with Crippen molar-refractivity contribution in [1.29, 1.82) is 0 Å². The molecule has 0 saturated carbocycles. The molecule has 1 aromatic carbocycles. The molecule has 0 bridgehead atoms. The van der Waals surface area contributed by atoms with E-state index in [9.17, 15) is 4.79 Å². The minimum absolute atomic E-state index is 0.621. The first-order valence-electron chi connectivity index (χ1n) is 4.22. The number of amides is 1. The van der Waals surface area contributed by atoms with Gasteiger partial charge in [-0.2, -0.15) is 0 Å². The number of carbonyl (C=O) groups is 1. The Morgan fingerprint density at radius 3 is 2.86 bits per heavy atom. The van der Waals surface area contributed by atoms with Gasteiger partial charge in [0.2, 0.25) is 0 Å². The normalized spacial score (nSPS) is 10.4. The predicted molar refractivity (Wildman–Crippen MR) is 54.6 cm³/mol. The first-order chi connectivity index (χ1) is 6.68. The van der Waals surface area contributed by atoms with Gasteiger partial charge in [0.05, 0.1) is 5.69 Å². The van der Waals surface area contributed by atoms with E-state index in [1.54, 1.807) is 6.20 Å². The van der Waals surface area contributed by atoms with E-state index in [-0.39, 0.29) is 0 Å². The van der Waals surface area contributed by atoms with Crippen molar-refractivity contribution in [2.45, 2.75) is 0 Å². The number of benzene rings is 1. The summed E-state index contributed by atoms with van der Waals surface area (Å²) < 4.78 is 1.89. The zero-order chi connectivity index (χ0) is 10.1. The number of rotatable bonds is 1. The van der Waals surface area contributed by atoms with Gasteiger partial charge in [0.1, 0.15) is 0 Å². The molecule has 2 N–H and O–H groups in total. The number of hydrogen-bond acceptors (Lipinski definition) is 1. The summed E-state index contributed by atoms with van der Waals surface area (Å²) in [7, 11) is 1.88. The van der Waals surface area contributed by atoms with Gasteiger partial charge in [-0.3, -0.25) is 5.32 Å². The molecule has 0 unspecified atom stereocenters. The molecule has 0 atom stereocenters. The Morgan fingerprint density at radius 2 is 2.14 bits per heavy atom. The third kappa shape index (κ3) is 1.31. The van der Waals surface area contributed by atoms with Gasteiger partial charge in [0.15, 0.2) is 0 Å². The smallest absolute Gasteiger partial charge is 0.409 e. The van der Waals surface area contributed by atoms with Gasteiger partial charge >= 0.3 is 6.09 Å². The van der Waals surface area contributed by atoms with E-state index >= 15 is 0 Å². The highest BCUT2D eigenvalue weighted by Gasteiger charge is 2.06. The zero-order valence-corrected chi connectivity index (χ0v) is 7.69. The summed E-state index contributed by atoms with van der Waals surface area (Å²) in [5.41, 5.74) is 1.63. The summed E-state index contributed by atoms with van der Waals surface area (Å²) in [6, 6.07) is 7.64. The summed E-state index contributed by atoms with van der Waals surface area (Å²) in [4.78, 5) is 10.5. The number of aromatic nitrogens is 1. The van der Waals surface area contributed by atoms with Crippen LogP contribution in [0.5, 0.6) is 0 Å². The van der Waals surface area contributed by atoms with E-state index in [2.05, 4.69) is 5.32 Å². The van der Waals surface area contributed by atoms with Crippen LogP contribution >= 0.6 is 0 Å². The molecular formula is C10H10N2O2. The van der Waals surface area contributed by atoms with E-state index in [4.69, 9.17) is 5.11 Å². The lowest BCUT2D eigenvalue weighted by molar-refractivity contribution is 0.210. The van der Waals surface area contributed by atoms with Crippen molar-refractivity contribution in [2.75, 3.05) is 5.32 Å². The number of aryl methyl sites for hydroxylation is 1. The van der Waals surface area contributed by atoms with Crippen molar-refractivity contribution in [3.63, 3.8) is 0 Å². The topological polar surface area (TPSA) is 54.3 Å². The number of para-hydroxylation sites is 1. The fraction of sp³-hybridized carbons (Fsp3) is 0.100. The van der Waals surface area contributed by atoms with Crippen LogP contribution in [0.2, 0.25) is 0 Å². The van der Waals surface area contributed by atoms with Crippen LogP contribution in [0, 0.1) is 0 Å². The number of nitrogens with one attached hydrogen (secondary N) is 1. The van der Waals surface area contributed by atoms with E-state index < -0.39 is 6.09 Å². The second-order valence-corrected chi connectivity index (χ2v) is 3.10. The minimum atomic E-state index is -1.04. The lowest BCUT2D eigenvalue weighted by Crippen LogP contribution is -2.06. The average molecular weight is 190 g/mol. The molecule has 0 aliphatic heterocycles. The Balaban J connectivity index is 2.60. The minimum Gasteiger partial charge on any atom is -0.465 e. The zero-order valence-electron chi connectivity index (χ0n) is 7.69. The standard InChI is InChI=1S/C10H10N2O2/c1-12-6-8(11-10(13)14)7-4-2-3-5-9(7)12/h2-6,11H,1H3,(H,13,14). The second kappa shape index (κ2) is 3.06.